The molecular weight excluding hydrogens is 252 g/mol. The van der Waals surface area contributed by atoms with Gasteiger partial charge in [-0.05, 0) is 51.9 Å². The van der Waals surface area contributed by atoms with E-state index in [1.807, 2.05) is 54.1 Å². The van der Waals surface area contributed by atoms with Crippen LogP contribution in [0.15, 0.2) is 30.3 Å². The van der Waals surface area contributed by atoms with Gasteiger partial charge >= 0.3 is 0 Å². The van der Waals surface area contributed by atoms with Crippen LogP contribution in [0.1, 0.15) is 26.2 Å². The highest BCUT2D eigenvalue weighted by molar-refractivity contribution is 5.94. The Bertz CT molecular complexity index is 381. The predicted octanol–water partition coefficient (Wildman–Crippen LogP) is 2.13. The molecule has 0 radical (unpaired) electrons. The Balaban J connectivity index is 2.43. The zero-order chi connectivity index (χ0) is 14.8. The number of carbonyl (C=O) groups is 1. The summed E-state index contributed by atoms with van der Waals surface area (Å²) in [6.45, 7) is 4.24. The van der Waals surface area contributed by atoms with E-state index in [-0.39, 0.29) is 12.5 Å². The summed E-state index contributed by atoms with van der Waals surface area (Å²) in [5, 5.41) is 8.73. The second-order valence-corrected chi connectivity index (χ2v) is 5.00. The Morgan fingerprint density at radius 1 is 1.15 bits per heavy atom. The number of likely N-dealkylation sites (N-methyl/N-ethyl adjacent to an activating group) is 2. The lowest BCUT2D eigenvalue weighted by molar-refractivity contribution is -0.119. The second-order valence-electron chi connectivity index (χ2n) is 5.00. The Kier molecular flexibility index (Phi) is 7.92. The van der Waals surface area contributed by atoms with Gasteiger partial charge in [0, 0.05) is 18.8 Å². The quantitative estimate of drug-likeness (QED) is 0.704. The summed E-state index contributed by atoms with van der Waals surface area (Å²) in [7, 11) is 1.97. The maximum atomic E-state index is 12.3. The first-order valence-corrected chi connectivity index (χ1v) is 7.33. The van der Waals surface area contributed by atoms with Crippen molar-refractivity contribution in [3.05, 3.63) is 30.3 Å². The normalized spacial score (nSPS) is 10.8. The van der Waals surface area contributed by atoms with Gasteiger partial charge in [0.1, 0.15) is 0 Å². The van der Waals surface area contributed by atoms with Crippen molar-refractivity contribution in [1.29, 1.82) is 0 Å². The highest BCUT2D eigenvalue weighted by atomic mass is 16.2. The fourth-order valence-corrected chi connectivity index (χ4v) is 2.18. The van der Waals surface area contributed by atoms with Gasteiger partial charge in [0.05, 0.1) is 6.54 Å². The van der Waals surface area contributed by atoms with E-state index < -0.39 is 0 Å². The van der Waals surface area contributed by atoms with E-state index in [0.717, 1.165) is 31.5 Å². The van der Waals surface area contributed by atoms with Crippen molar-refractivity contribution in [2.24, 2.45) is 0 Å². The summed E-state index contributed by atoms with van der Waals surface area (Å²) in [4.78, 5) is 16.2. The smallest absolute Gasteiger partial charge is 0.241 e. The highest BCUT2D eigenvalue weighted by Gasteiger charge is 2.15. The lowest BCUT2D eigenvalue weighted by Crippen LogP contribution is -2.39. The molecule has 0 bridgehead atoms. The van der Waals surface area contributed by atoms with Crippen molar-refractivity contribution in [3.8, 4) is 0 Å². The number of amides is 1. The summed E-state index contributed by atoms with van der Waals surface area (Å²) in [5.74, 6) is 0.128. The third-order valence-corrected chi connectivity index (χ3v) is 3.29. The maximum Gasteiger partial charge on any atom is 0.241 e. The van der Waals surface area contributed by atoms with Gasteiger partial charge in [-0.2, -0.15) is 0 Å². The number of hydrogen-bond donors (Lipinski definition) is 1. The molecule has 0 saturated heterocycles. The largest absolute Gasteiger partial charge is 0.396 e. The molecule has 4 nitrogen and oxygen atoms in total. The average molecular weight is 278 g/mol. The van der Waals surface area contributed by atoms with Gasteiger partial charge in [0.25, 0.3) is 0 Å². The topological polar surface area (TPSA) is 43.8 Å². The number of benzene rings is 1. The van der Waals surface area contributed by atoms with Crippen LogP contribution in [0.5, 0.6) is 0 Å². The van der Waals surface area contributed by atoms with Gasteiger partial charge in [-0.15, -0.1) is 0 Å². The number of hydrogen-bond acceptors (Lipinski definition) is 3. The Morgan fingerprint density at radius 3 is 2.45 bits per heavy atom. The lowest BCUT2D eigenvalue weighted by Gasteiger charge is -2.24. The van der Waals surface area contributed by atoms with E-state index in [4.69, 9.17) is 5.11 Å². The molecule has 1 aromatic rings. The van der Waals surface area contributed by atoms with Crippen LogP contribution in [-0.2, 0) is 4.79 Å². The summed E-state index contributed by atoms with van der Waals surface area (Å²) >= 11 is 0. The number of rotatable bonds is 9. The number of nitrogens with zero attached hydrogens (tertiary/aromatic N) is 2. The standard InChI is InChI=1S/C16H26N2O2/c1-3-18(15-10-6-4-7-11-15)16(20)14-17(2)12-8-5-9-13-19/h4,6-7,10-11,19H,3,5,8-9,12-14H2,1-2H3. The van der Waals surface area contributed by atoms with Gasteiger partial charge < -0.3 is 10.0 Å². The highest BCUT2D eigenvalue weighted by Crippen LogP contribution is 2.13. The van der Waals surface area contributed by atoms with E-state index in [9.17, 15) is 4.79 Å². The van der Waals surface area contributed by atoms with Crippen LogP contribution in [-0.4, -0.2) is 49.2 Å². The number of para-hydroxylation sites is 1. The number of aliphatic hydroxyl groups is 1. The maximum absolute atomic E-state index is 12.3. The molecule has 0 aliphatic rings. The molecular formula is C16H26N2O2. The third-order valence-electron chi connectivity index (χ3n) is 3.29. The van der Waals surface area contributed by atoms with Crippen LogP contribution in [0, 0.1) is 0 Å². The van der Waals surface area contributed by atoms with Crippen molar-refractivity contribution >= 4 is 11.6 Å². The van der Waals surface area contributed by atoms with Crippen LogP contribution in [0.2, 0.25) is 0 Å². The minimum Gasteiger partial charge on any atom is -0.396 e. The van der Waals surface area contributed by atoms with Crippen LogP contribution < -0.4 is 4.90 Å². The van der Waals surface area contributed by atoms with E-state index in [1.54, 1.807) is 0 Å². The summed E-state index contributed by atoms with van der Waals surface area (Å²) in [6.07, 6.45) is 2.86. The first-order valence-electron chi connectivity index (χ1n) is 7.33. The van der Waals surface area contributed by atoms with E-state index in [1.165, 1.54) is 0 Å². The number of unbranched alkanes of at least 4 members (excludes halogenated alkanes) is 2. The van der Waals surface area contributed by atoms with Crippen molar-refractivity contribution < 1.29 is 9.90 Å². The number of aliphatic hydroxyl groups excluding tert-OH is 1. The first-order chi connectivity index (χ1) is 9.69. The van der Waals surface area contributed by atoms with Gasteiger partial charge in [-0.1, -0.05) is 18.2 Å². The van der Waals surface area contributed by atoms with Crippen molar-refractivity contribution in [3.63, 3.8) is 0 Å². The molecule has 0 aromatic heterocycles. The molecule has 1 aromatic carbocycles. The minimum atomic E-state index is 0.128. The van der Waals surface area contributed by atoms with Gasteiger partial charge in [-0.25, -0.2) is 0 Å². The minimum absolute atomic E-state index is 0.128. The fourth-order valence-electron chi connectivity index (χ4n) is 2.18. The van der Waals surface area contributed by atoms with Crippen molar-refractivity contribution in [2.45, 2.75) is 26.2 Å². The Morgan fingerprint density at radius 2 is 1.85 bits per heavy atom. The van der Waals surface area contributed by atoms with Crippen LogP contribution in [0.3, 0.4) is 0 Å². The molecule has 0 unspecified atom stereocenters. The monoisotopic (exact) mass is 278 g/mol. The average Bonchev–Trinajstić information content (AvgIpc) is 2.45. The molecule has 0 atom stereocenters. The Hall–Kier alpha value is -1.39. The molecule has 0 spiro atoms. The molecule has 0 aliphatic carbocycles. The van der Waals surface area contributed by atoms with Crippen LogP contribution in [0.4, 0.5) is 5.69 Å². The van der Waals surface area contributed by atoms with Gasteiger partial charge in [0.15, 0.2) is 0 Å². The molecule has 112 valence electrons. The summed E-state index contributed by atoms with van der Waals surface area (Å²) in [6, 6.07) is 9.77. The second kappa shape index (κ2) is 9.50. The SMILES string of the molecule is CCN(C(=O)CN(C)CCCCCO)c1ccccc1. The molecule has 20 heavy (non-hydrogen) atoms. The molecule has 0 fully saturated rings. The molecule has 0 heterocycles. The van der Waals surface area contributed by atoms with Crippen molar-refractivity contribution in [1.82, 2.24) is 4.90 Å². The molecule has 4 heteroatoms. The first kappa shape index (κ1) is 16.7. The number of carbonyl (C=O) groups excluding carboxylic acids is 1. The fraction of sp³-hybridized carbons (Fsp3) is 0.562. The zero-order valence-electron chi connectivity index (χ0n) is 12.6. The van der Waals surface area contributed by atoms with Gasteiger partial charge in [-0.3, -0.25) is 9.69 Å². The molecule has 0 saturated carbocycles. The zero-order valence-corrected chi connectivity index (χ0v) is 12.6. The van der Waals surface area contributed by atoms with Crippen molar-refractivity contribution in [2.75, 3.05) is 38.2 Å². The lowest BCUT2D eigenvalue weighted by atomic mass is 10.2. The predicted molar refractivity (Wildman–Crippen MR) is 82.9 cm³/mol. The molecule has 1 N–H and O–H groups in total. The van der Waals surface area contributed by atoms with E-state index in [2.05, 4.69) is 0 Å². The molecule has 0 aliphatic heterocycles. The van der Waals surface area contributed by atoms with Gasteiger partial charge in [0.2, 0.25) is 5.91 Å². The number of anilines is 1. The van der Waals surface area contributed by atoms with Crippen LogP contribution in [0.25, 0.3) is 0 Å². The molecule has 1 rings (SSSR count). The summed E-state index contributed by atoms with van der Waals surface area (Å²) in [5.41, 5.74) is 0.952. The van der Waals surface area contributed by atoms with E-state index in [0.29, 0.717) is 13.1 Å². The Labute approximate surface area is 122 Å². The van der Waals surface area contributed by atoms with Crippen LogP contribution >= 0.6 is 0 Å². The third kappa shape index (κ3) is 5.72. The van der Waals surface area contributed by atoms with E-state index >= 15 is 0 Å². The molecule has 1 amide bonds. The summed E-state index contributed by atoms with van der Waals surface area (Å²) < 4.78 is 0.